The first-order chi connectivity index (χ1) is 24.2. The summed E-state index contributed by atoms with van der Waals surface area (Å²) in [6.45, 7) is 17.1. The zero-order valence-corrected chi connectivity index (χ0v) is 31.9. The molecular formula is C39H54F2N6O5. The van der Waals surface area contributed by atoms with Crippen LogP contribution in [-0.2, 0) is 25.5 Å². The van der Waals surface area contributed by atoms with Gasteiger partial charge in [0.15, 0.2) is 0 Å². The maximum Gasteiger partial charge on any atom is 0.410 e. The quantitative estimate of drug-likeness (QED) is 0.159. The minimum Gasteiger partial charge on any atom is -0.444 e. The second kappa shape index (κ2) is 17.6. The highest BCUT2D eigenvalue weighted by molar-refractivity contribution is 5.95. The van der Waals surface area contributed by atoms with Crippen LogP contribution in [0.2, 0.25) is 0 Å². The summed E-state index contributed by atoms with van der Waals surface area (Å²) >= 11 is 0. The molecule has 1 saturated heterocycles. The molecule has 52 heavy (non-hydrogen) atoms. The van der Waals surface area contributed by atoms with E-state index in [1.807, 2.05) is 20.8 Å². The van der Waals surface area contributed by atoms with E-state index in [1.165, 1.54) is 42.6 Å². The summed E-state index contributed by atoms with van der Waals surface area (Å²) in [5, 5.41) is 2.89. The Labute approximate surface area is 306 Å². The van der Waals surface area contributed by atoms with Crippen LogP contribution in [0.3, 0.4) is 0 Å². The lowest BCUT2D eigenvalue weighted by Gasteiger charge is -2.38. The van der Waals surface area contributed by atoms with E-state index in [0.717, 1.165) is 5.56 Å². The second-order valence-electron chi connectivity index (χ2n) is 15.3. The molecule has 284 valence electrons. The molecular weight excluding hydrogens is 670 g/mol. The summed E-state index contributed by atoms with van der Waals surface area (Å²) in [5.74, 6) is -1.98. The third kappa shape index (κ3) is 11.9. The van der Waals surface area contributed by atoms with Crippen molar-refractivity contribution >= 4 is 35.8 Å². The average Bonchev–Trinajstić information content (AvgIpc) is 3.54. The average molecular weight is 725 g/mol. The third-order valence-corrected chi connectivity index (χ3v) is 8.87. The van der Waals surface area contributed by atoms with Crippen LogP contribution in [0, 0.1) is 17.0 Å². The van der Waals surface area contributed by atoms with Crippen LogP contribution < -0.4 is 10.2 Å². The summed E-state index contributed by atoms with van der Waals surface area (Å²) in [6, 6.07) is 9.63. The van der Waals surface area contributed by atoms with Gasteiger partial charge in [-0.25, -0.2) is 18.6 Å². The molecule has 1 heterocycles. The van der Waals surface area contributed by atoms with Gasteiger partial charge >= 0.3 is 6.09 Å². The lowest BCUT2D eigenvalue weighted by Crippen LogP contribution is -2.59. The monoisotopic (exact) mass is 724 g/mol. The molecule has 4 amide bonds. The van der Waals surface area contributed by atoms with Crippen molar-refractivity contribution in [1.29, 1.82) is 0 Å². The smallest absolute Gasteiger partial charge is 0.410 e. The molecule has 0 saturated carbocycles. The summed E-state index contributed by atoms with van der Waals surface area (Å²) in [7, 11) is 3.18. The molecule has 3 atom stereocenters. The molecule has 0 radical (unpaired) electrons. The molecule has 1 aliphatic rings. The molecule has 0 unspecified atom stereocenters. The molecule has 2 aromatic carbocycles. The number of benzene rings is 2. The van der Waals surface area contributed by atoms with Crippen LogP contribution in [-0.4, -0.2) is 102 Å². The molecule has 0 aromatic heterocycles. The van der Waals surface area contributed by atoms with E-state index in [0.29, 0.717) is 31.5 Å². The Morgan fingerprint density at radius 3 is 2.13 bits per heavy atom. The Hall–Kier alpha value is -4.81. The van der Waals surface area contributed by atoms with E-state index in [1.54, 1.807) is 73.7 Å². The highest BCUT2D eigenvalue weighted by Gasteiger charge is 2.41. The molecule has 0 spiro atoms. The largest absolute Gasteiger partial charge is 0.444 e. The number of likely N-dealkylation sites (N-methyl/N-ethyl adjacent to an activating group) is 1. The van der Waals surface area contributed by atoms with Crippen LogP contribution in [0.25, 0.3) is 0 Å². The zero-order chi connectivity index (χ0) is 39.0. The van der Waals surface area contributed by atoms with Crippen LogP contribution in [0.15, 0.2) is 65.8 Å². The maximum absolute atomic E-state index is 14.3. The van der Waals surface area contributed by atoms with Crippen molar-refractivity contribution in [2.24, 2.45) is 10.4 Å². The standard InChI is InChI=1S/C39H54F2N6O5/c1-26(42-25-44(9)31-19-17-30(41)18-20-31)35(49)46(23-21-28-13-15-29(40)16-14-28)24-32-12-11-22-47(32)36(50)33(38(3,4)5)43-34(48)27(2)45(10)37(51)52-39(6,7)8/h13-20,25,27,32-33H,1,11-12,21-24H2,2-10H3,(H,43,48)/t27-,32-,33+/m0/s1. The first kappa shape index (κ1) is 41.6. The Bertz CT molecular complexity index is 1600. The maximum atomic E-state index is 14.3. The number of carbonyl (C=O) groups is 4. The molecule has 2 aromatic rings. The fourth-order valence-electron chi connectivity index (χ4n) is 5.64. The fraction of sp³-hybridized carbons (Fsp3) is 0.513. The Kier molecular flexibility index (Phi) is 14.1. The summed E-state index contributed by atoms with van der Waals surface area (Å²) in [6.07, 6.45) is 2.50. The number of aliphatic imine (C=N–C) groups is 1. The molecule has 3 rings (SSSR count). The van der Waals surface area contributed by atoms with Gasteiger partial charge in [0.05, 0.1) is 6.34 Å². The minimum atomic E-state index is -0.931. The summed E-state index contributed by atoms with van der Waals surface area (Å²) in [5.41, 5.74) is 0.00673. The van der Waals surface area contributed by atoms with E-state index in [4.69, 9.17) is 4.74 Å². The zero-order valence-electron chi connectivity index (χ0n) is 31.9. The molecule has 0 bridgehead atoms. The van der Waals surface area contributed by atoms with Crippen LogP contribution in [0.4, 0.5) is 19.3 Å². The predicted octanol–water partition coefficient (Wildman–Crippen LogP) is 5.79. The van der Waals surface area contributed by atoms with Gasteiger partial charge in [-0.05, 0) is 94.3 Å². The first-order valence-electron chi connectivity index (χ1n) is 17.5. The molecule has 1 aliphatic heterocycles. The van der Waals surface area contributed by atoms with Gasteiger partial charge in [-0.1, -0.05) is 39.5 Å². The molecule has 1 fully saturated rings. The van der Waals surface area contributed by atoms with Gasteiger partial charge in [-0.3, -0.25) is 19.3 Å². The van der Waals surface area contributed by atoms with Gasteiger partial charge < -0.3 is 24.8 Å². The molecule has 1 N–H and O–H groups in total. The van der Waals surface area contributed by atoms with Gasteiger partial charge in [0.1, 0.15) is 35.0 Å². The molecule has 0 aliphatic carbocycles. The van der Waals surface area contributed by atoms with Gasteiger partial charge in [0.2, 0.25) is 11.8 Å². The number of rotatable bonds is 13. The van der Waals surface area contributed by atoms with Crippen molar-refractivity contribution in [3.8, 4) is 0 Å². The number of ether oxygens (including phenoxy) is 1. The number of anilines is 1. The van der Waals surface area contributed by atoms with Crippen LogP contribution >= 0.6 is 0 Å². The predicted molar refractivity (Wildman–Crippen MR) is 199 cm³/mol. The SMILES string of the molecule is C=C(N=CN(C)c1ccc(F)cc1)C(=O)N(CCc1ccc(F)cc1)C[C@@H]1CCCN1C(=O)[C@@H](NC(=O)[C@H](C)N(C)C(=O)OC(C)(C)C)C(C)(C)C. The van der Waals surface area contributed by atoms with Gasteiger partial charge in [-0.2, -0.15) is 0 Å². The number of nitrogens with one attached hydrogen (secondary N) is 1. The number of nitrogens with zero attached hydrogens (tertiary/aromatic N) is 5. The van der Waals surface area contributed by atoms with Gasteiger partial charge in [0, 0.05) is 45.5 Å². The first-order valence-corrected chi connectivity index (χ1v) is 17.5. The topological polar surface area (TPSA) is 115 Å². The second-order valence-corrected chi connectivity index (χ2v) is 15.3. The van der Waals surface area contributed by atoms with Crippen molar-refractivity contribution in [2.75, 3.05) is 38.6 Å². The fourth-order valence-corrected chi connectivity index (χ4v) is 5.64. The van der Waals surface area contributed by atoms with E-state index in [2.05, 4.69) is 16.9 Å². The third-order valence-electron chi connectivity index (χ3n) is 8.87. The van der Waals surface area contributed by atoms with Crippen molar-refractivity contribution in [1.82, 2.24) is 20.0 Å². The van der Waals surface area contributed by atoms with Crippen molar-refractivity contribution in [3.05, 3.63) is 78.0 Å². The van der Waals surface area contributed by atoms with E-state index >= 15 is 0 Å². The van der Waals surface area contributed by atoms with E-state index in [-0.39, 0.29) is 42.4 Å². The minimum absolute atomic E-state index is 0.0353. The number of halogens is 2. The van der Waals surface area contributed by atoms with Crippen molar-refractivity contribution in [3.63, 3.8) is 0 Å². The van der Waals surface area contributed by atoms with E-state index < -0.39 is 41.0 Å². The number of likely N-dealkylation sites (tertiary alicyclic amines) is 1. The van der Waals surface area contributed by atoms with Crippen molar-refractivity contribution < 1.29 is 32.7 Å². The summed E-state index contributed by atoms with van der Waals surface area (Å²) in [4.78, 5) is 64.7. The van der Waals surface area contributed by atoms with Crippen LogP contribution in [0.1, 0.15) is 66.9 Å². The number of amides is 4. The van der Waals surface area contributed by atoms with Gasteiger partial charge in [-0.15, -0.1) is 0 Å². The highest BCUT2D eigenvalue weighted by Crippen LogP contribution is 2.27. The number of hydrogen-bond donors (Lipinski definition) is 1. The Balaban J connectivity index is 1.81. The highest BCUT2D eigenvalue weighted by atomic mass is 19.1. The molecule has 11 nitrogen and oxygen atoms in total. The van der Waals surface area contributed by atoms with Gasteiger partial charge in [0.25, 0.3) is 5.91 Å². The molecule has 13 heteroatoms. The number of hydrogen-bond acceptors (Lipinski definition) is 6. The summed E-state index contributed by atoms with van der Waals surface area (Å²) < 4.78 is 32.4. The lowest BCUT2D eigenvalue weighted by atomic mass is 9.85. The van der Waals surface area contributed by atoms with Crippen molar-refractivity contribution in [2.45, 2.75) is 91.5 Å². The Morgan fingerprint density at radius 1 is 1.00 bits per heavy atom. The normalized spacial score (nSPS) is 15.9. The Morgan fingerprint density at radius 2 is 1.58 bits per heavy atom. The van der Waals surface area contributed by atoms with E-state index in [9.17, 15) is 28.0 Å². The lowest BCUT2D eigenvalue weighted by molar-refractivity contribution is -0.142. The number of carbonyl (C=O) groups excluding carboxylic acids is 4. The van der Waals surface area contributed by atoms with Crippen LogP contribution in [0.5, 0.6) is 0 Å².